The maximum atomic E-state index is 12.7. The van der Waals surface area contributed by atoms with E-state index in [4.69, 9.17) is 9.84 Å². The van der Waals surface area contributed by atoms with Gasteiger partial charge in [0.25, 0.3) is 0 Å². The molecule has 1 unspecified atom stereocenters. The van der Waals surface area contributed by atoms with Crippen molar-refractivity contribution in [1.82, 2.24) is 14.7 Å². The Kier molecular flexibility index (Phi) is 4.10. The van der Waals surface area contributed by atoms with Gasteiger partial charge in [0, 0.05) is 44.3 Å². The van der Waals surface area contributed by atoms with Crippen molar-refractivity contribution in [3.05, 3.63) is 41.6 Å². The Morgan fingerprint density at radius 1 is 1.21 bits per heavy atom. The summed E-state index contributed by atoms with van der Waals surface area (Å²) in [5.41, 5.74) is 4.80. The van der Waals surface area contributed by atoms with Crippen LogP contribution in [0.5, 0.6) is 0 Å². The molecule has 4 rings (SSSR count). The Labute approximate surface area is 142 Å². The highest BCUT2D eigenvalue weighted by Gasteiger charge is 2.30. The minimum atomic E-state index is 0.0510. The quantitative estimate of drug-likeness (QED) is 0.849. The highest BCUT2D eigenvalue weighted by Crippen LogP contribution is 2.29. The van der Waals surface area contributed by atoms with Gasteiger partial charge in [0.1, 0.15) is 0 Å². The number of aryl methyl sites for hydroxylation is 1. The first-order valence-corrected chi connectivity index (χ1v) is 8.70. The monoisotopic (exact) mass is 325 g/mol. The summed E-state index contributed by atoms with van der Waals surface area (Å²) in [6.07, 6.45) is 2.55. The fourth-order valence-corrected chi connectivity index (χ4v) is 3.85. The largest absolute Gasteiger partial charge is 0.381 e. The van der Waals surface area contributed by atoms with Crippen molar-refractivity contribution in [3.8, 4) is 11.3 Å². The molecule has 24 heavy (non-hydrogen) atoms. The van der Waals surface area contributed by atoms with E-state index in [1.807, 2.05) is 22.7 Å². The van der Waals surface area contributed by atoms with E-state index in [9.17, 15) is 4.79 Å². The molecule has 1 atom stereocenters. The molecule has 0 radical (unpaired) electrons. The molecule has 0 N–H and O–H groups in total. The molecular weight excluding hydrogens is 302 g/mol. The maximum absolute atomic E-state index is 12.7. The zero-order valence-electron chi connectivity index (χ0n) is 14.1. The van der Waals surface area contributed by atoms with Gasteiger partial charge in [-0.15, -0.1) is 0 Å². The van der Waals surface area contributed by atoms with Gasteiger partial charge in [0.2, 0.25) is 5.91 Å². The van der Waals surface area contributed by atoms with E-state index in [0.29, 0.717) is 13.2 Å². The number of rotatable bonds is 2. The van der Waals surface area contributed by atoms with Crippen LogP contribution in [0.2, 0.25) is 0 Å². The van der Waals surface area contributed by atoms with Crippen LogP contribution in [0, 0.1) is 5.92 Å². The third-order valence-electron chi connectivity index (χ3n) is 5.12. The third kappa shape index (κ3) is 2.73. The fraction of sp³-hybridized carbons (Fsp3) is 0.474. The topological polar surface area (TPSA) is 47.4 Å². The fourth-order valence-electron chi connectivity index (χ4n) is 3.85. The normalized spacial score (nSPS) is 20.7. The van der Waals surface area contributed by atoms with Crippen molar-refractivity contribution in [2.75, 3.05) is 26.3 Å². The van der Waals surface area contributed by atoms with Gasteiger partial charge in [-0.1, -0.05) is 30.3 Å². The van der Waals surface area contributed by atoms with E-state index in [1.165, 1.54) is 16.8 Å². The number of fused-ring (bicyclic) bond motifs is 1. The number of carbonyl (C=O) groups is 1. The number of benzene rings is 1. The number of ether oxygens (including phenoxy) is 1. The second kappa shape index (κ2) is 6.40. The lowest BCUT2D eigenvalue weighted by Gasteiger charge is -2.23. The van der Waals surface area contributed by atoms with Crippen LogP contribution in [0.3, 0.4) is 0 Å². The molecule has 0 bridgehead atoms. The summed E-state index contributed by atoms with van der Waals surface area (Å²) >= 11 is 0. The number of aromatic nitrogens is 2. The van der Waals surface area contributed by atoms with E-state index < -0.39 is 0 Å². The molecule has 1 amide bonds. The average Bonchev–Trinajstić information content (AvgIpc) is 3.19. The van der Waals surface area contributed by atoms with Gasteiger partial charge in [0.05, 0.1) is 23.9 Å². The van der Waals surface area contributed by atoms with Gasteiger partial charge in [-0.25, -0.2) is 0 Å². The summed E-state index contributed by atoms with van der Waals surface area (Å²) < 4.78 is 7.37. The molecule has 3 heterocycles. The zero-order valence-corrected chi connectivity index (χ0v) is 14.1. The molecule has 2 aliphatic heterocycles. The highest BCUT2D eigenvalue weighted by atomic mass is 16.5. The van der Waals surface area contributed by atoms with Crippen LogP contribution in [-0.2, 0) is 29.4 Å². The van der Waals surface area contributed by atoms with Crippen molar-refractivity contribution < 1.29 is 9.53 Å². The summed E-state index contributed by atoms with van der Waals surface area (Å²) in [7, 11) is 2.01. The summed E-state index contributed by atoms with van der Waals surface area (Å²) in [6.45, 7) is 2.82. The molecule has 2 aromatic rings. The number of hydrogen-bond donors (Lipinski definition) is 0. The Morgan fingerprint density at radius 2 is 2.00 bits per heavy atom. The van der Waals surface area contributed by atoms with E-state index in [2.05, 4.69) is 24.3 Å². The SMILES string of the molecule is Cn1nc2c(c1-c1ccccc1)CCN(C(=O)C1CCOC1)CC2. The van der Waals surface area contributed by atoms with Crippen LogP contribution in [0.1, 0.15) is 17.7 Å². The summed E-state index contributed by atoms with van der Waals surface area (Å²) in [6, 6.07) is 10.4. The Morgan fingerprint density at radius 3 is 2.75 bits per heavy atom. The smallest absolute Gasteiger partial charge is 0.228 e. The standard InChI is InChI=1S/C19H23N3O2/c1-21-18(14-5-3-2-4-6-14)16-7-10-22(11-8-17(16)20-21)19(23)15-9-12-24-13-15/h2-6,15H,7-13H2,1H3. The van der Waals surface area contributed by atoms with Crippen molar-refractivity contribution in [1.29, 1.82) is 0 Å². The first-order chi connectivity index (χ1) is 11.7. The molecule has 5 nitrogen and oxygen atoms in total. The van der Waals surface area contributed by atoms with Gasteiger partial charge in [-0.3, -0.25) is 9.48 Å². The van der Waals surface area contributed by atoms with E-state index in [-0.39, 0.29) is 11.8 Å². The summed E-state index contributed by atoms with van der Waals surface area (Å²) in [5, 5.41) is 4.73. The molecule has 2 aliphatic rings. The summed E-state index contributed by atoms with van der Waals surface area (Å²) in [4.78, 5) is 14.7. The average molecular weight is 325 g/mol. The first kappa shape index (κ1) is 15.4. The van der Waals surface area contributed by atoms with Crippen molar-refractivity contribution in [2.24, 2.45) is 13.0 Å². The lowest BCUT2D eigenvalue weighted by molar-refractivity contribution is -0.135. The third-order valence-corrected chi connectivity index (χ3v) is 5.12. The predicted molar refractivity (Wildman–Crippen MR) is 91.6 cm³/mol. The van der Waals surface area contributed by atoms with E-state index >= 15 is 0 Å². The minimum Gasteiger partial charge on any atom is -0.381 e. The maximum Gasteiger partial charge on any atom is 0.228 e. The Bertz CT molecular complexity index is 733. The van der Waals surface area contributed by atoms with Crippen molar-refractivity contribution >= 4 is 5.91 Å². The van der Waals surface area contributed by atoms with Crippen LogP contribution < -0.4 is 0 Å². The molecule has 0 spiro atoms. The van der Waals surface area contributed by atoms with Crippen LogP contribution in [0.25, 0.3) is 11.3 Å². The molecule has 5 heteroatoms. The van der Waals surface area contributed by atoms with Crippen LogP contribution in [-0.4, -0.2) is 46.9 Å². The van der Waals surface area contributed by atoms with E-state index in [1.54, 1.807) is 0 Å². The lowest BCUT2D eigenvalue weighted by Crippen LogP contribution is -2.38. The van der Waals surface area contributed by atoms with Gasteiger partial charge in [0.15, 0.2) is 0 Å². The van der Waals surface area contributed by atoms with Gasteiger partial charge < -0.3 is 9.64 Å². The van der Waals surface area contributed by atoms with Crippen molar-refractivity contribution in [3.63, 3.8) is 0 Å². The number of amides is 1. The first-order valence-electron chi connectivity index (χ1n) is 8.70. The van der Waals surface area contributed by atoms with Crippen LogP contribution in [0.15, 0.2) is 30.3 Å². The Hall–Kier alpha value is -2.14. The number of hydrogen-bond acceptors (Lipinski definition) is 3. The molecule has 1 saturated heterocycles. The lowest BCUT2D eigenvalue weighted by atomic mass is 10.0. The van der Waals surface area contributed by atoms with Crippen LogP contribution >= 0.6 is 0 Å². The van der Waals surface area contributed by atoms with Crippen LogP contribution in [0.4, 0.5) is 0 Å². The second-order valence-corrected chi connectivity index (χ2v) is 6.65. The predicted octanol–water partition coefficient (Wildman–Crippen LogP) is 2.05. The molecule has 126 valence electrons. The van der Waals surface area contributed by atoms with Gasteiger partial charge in [-0.2, -0.15) is 5.10 Å². The molecule has 1 aromatic heterocycles. The number of carbonyl (C=O) groups excluding carboxylic acids is 1. The van der Waals surface area contributed by atoms with Gasteiger partial charge >= 0.3 is 0 Å². The molecule has 1 fully saturated rings. The second-order valence-electron chi connectivity index (χ2n) is 6.65. The van der Waals surface area contributed by atoms with Crippen molar-refractivity contribution in [2.45, 2.75) is 19.3 Å². The molecule has 0 saturated carbocycles. The molecule has 1 aromatic carbocycles. The Balaban J connectivity index is 1.58. The highest BCUT2D eigenvalue weighted by molar-refractivity contribution is 5.79. The molecule has 0 aliphatic carbocycles. The minimum absolute atomic E-state index is 0.0510. The summed E-state index contributed by atoms with van der Waals surface area (Å²) in [5.74, 6) is 0.304. The number of nitrogens with zero attached hydrogens (tertiary/aromatic N) is 3. The van der Waals surface area contributed by atoms with E-state index in [0.717, 1.165) is 38.0 Å². The molecular formula is C19H23N3O2. The zero-order chi connectivity index (χ0) is 16.5. The van der Waals surface area contributed by atoms with Gasteiger partial charge in [-0.05, 0) is 12.8 Å².